The summed E-state index contributed by atoms with van der Waals surface area (Å²) < 4.78 is 27.8. The van der Waals surface area contributed by atoms with Crippen LogP contribution in [0.1, 0.15) is 18.4 Å². The van der Waals surface area contributed by atoms with Gasteiger partial charge in [-0.1, -0.05) is 11.6 Å². The molecule has 1 aromatic carbocycles. The Morgan fingerprint density at radius 2 is 2.05 bits per heavy atom. The molecule has 1 aromatic rings. The summed E-state index contributed by atoms with van der Waals surface area (Å²) in [5.41, 5.74) is 1.40. The maximum Gasteiger partial charge on any atom is 0.233 e. The normalized spacial score (nSPS) is 17.1. The van der Waals surface area contributed by atoms with Crippen molar-refractivity contribution < 1.29 is 8.42 Å². The number of halogens is 2. The average molecular weight is 382 g/mol. The quantitative estimate of drug-likeness (QED) is 0.842. The summed E-state index contributed by atoms with van der Waals surface area (Å²) in [7, 11) is -3.35. The second-order valence-electron chi connectivity index (χ2n) is 5.16. The van der Waals surface area contributed by atoms with Crippen molar-refractivity contribution in [3.05, 3.63) is 27.2 Å². The number of piperidine rings is 1. The van der Waals surface area contributed by atoms with Crippen molar-refractivity contribution in [2.24, 2.45) is 5.92 Å². The van der Waals surface area contributed by atoms with E-state index in [1.165, 1.54) is 0 Å². The molecule has 112 valence electrons. The molecule has 20 heavy (non-hydrogen) atoms. The van der Waals surface area contributed by atoms with E-state index in [9.17, 15) is 8.42 Å². The van der Waals surface area contributed by atoms with Crippen molar-refractivity contribution in [3.63, 3.8) is 0 Å². The maximum absolute atomic E-state index is 12.2. The maximum atomic E-state index is 12.2. The summed E-state index contributed by atoms with van der Waals surface area (Å²) in [6.07, 6.45) is 1.80. The number of aryl methyl sites for hydroxylation is 1. The number of anilines is 1. The van der Waals surface area contributed by atoms with E-state index in [0.717, 1.165) is 31.5 Å². The Morgan fingerprint density at radius 1 is 1.40 bits per heavy atom. The Morgan fingerprint density at radius 3 is 2.70 bits per heavy atom. The molecule has 1 aliphatic rings. The third kappa shape index (κ3) is 4.35. The third-order valence-electron chi connectivity index (χ3n) is 3.43. The average Bonchev–Trinajstić information content (AvgIpc) is 2.36. The lowest BCUT2D eigenvalue weighted by Gasteiger charge is -2.22. The molecular weight excluding hydrogens is 364 g/mol. The van der Waals surface area contributed by atoms with E-state index in [1.54, 1.807) is 6.07 Å². The highest BCUT2D eigenvalue weighted by molar-refractivity contribution is 9.10. The fourth-order valence-electron chi connectivity index (χ4n) is 2.29. The molecular formula is C13H18BrClN2O2S. The monoisotopic (exact) mass is 380 g/mol. The summed E-state index contributed by atoms with van der Waals surface area (Å²) in [5.74, 6) is 0.375. The Kier molecular flexibility index (Phi) is 5.34. The summed E-state index contributed by atoms with van der Waals surface area (Å²) in [6.45, 7) is 3.65. The summed E-state index contributed by atoms with van der Waals surface area (Å²) in [5, 5.41) is 3.78. The Bertz CT molecular complexity index is 586. The van der Waals surface area contributed by atoms with Gasteiger partial charge in [0, 0.05) is 9.50 Å². The minimum absolute atomic E-state index is 0.159. The van der Waals surface area contributed by atoms with Gasteiger partial charge < -0.3 is 5.32 Å². The van der Waals surface area contributed by atoms with Crippen molar-refractivity contribution in [1.29, 1.82) is 0 Å². The molecule has 0 unspecified atom stereocenters. The first-order chi connectivity index (χ1) is 9.37. The smallest absolute Gasteiger partial charge is 0.233 e. The van der Waals surface area contributed by atoms with Crippen molar-refractivity contribution >= 4 is 43.2 Å². The zero-order valence-corrected chi connectivity index (χ0v) is 14.4. The SMILES string of the molecule is Cc1cc(Br)c(NS(=O)(=O)CC2CCNCC2)cc1Cl. The summed E-state index contributed by atoms with van der Waals surface area (Å²) in [4.78, 5) is 0. The van der Waals surface area contributed by atoms with Gasteiger partial charge in [0.15, 0.2) is 0 Å². The number of hydrogen-bond acceptors (Lipinski definition) is 3. The van der Waals surface area contributed by atoms with Gasteiger partial charge in [0.1, 0.15) is 0 Å². The van der Waals surface area contributed by atoms with Crippen LogP contribution in [0.25, 0.3) is 0 Å². The number of benzene rings is 1. The molecule has 1 heterocycles. The van der Waals surface area contributed by atoms with Crippen LogP contribution in [0.2, 0.25) is 5.02 Å². The molecule has 0 radical (unpaired) electrons. The Labute approximate surface area is 133 Å². The second-order valence-corrected chi connectivity index (χ2v) is 8.19. The number of nitrogens with one attached hydrogen (secondary N) is 2. The van der Waals surface area contributed by atoms with Gasteiger partial charge in [0.2, 0.25) is 10.0 Å². The molecule has 2 N–H and O–H groups in total. The molecule has 1 fully saturated rings. The van der Waals surface area contributed by atoms with Crippen LogP contribution in [0, 0.1) is 12.8 Å². The third-order valence-corrected chi connectivity index (χ3v) is 5.93. The van der Waals surface area contributed by atoms with Crippen LogP contribution >= 0.6 is 27.5 Å². The van der Waals surface area contributed by atoms with Crippen LogP contribution in [-0.4, -0.2) is 27.3 Å². The highest BCUT2D eigenvalue weighted by Crippen LogP contribution is 2.30. The molecule has 2 rings (SSSR count). The molecule has 0 amide bonds. The molecule has 1 saturated heterocycles. The Hall–Kier alpha value is -0.300. The van der Waals surface area contributed by atoms with Gasteiger partial charge in [-0.15, -0.1) is 0 Å². The lowest BCUT2D eigenvalue weighted by atomic mass is 10.0. The first-order valence-corrected chi connectivity index (χ1v) is 9.36. The molecule has 0 aliphatic carbocycles. The van der Waals surface area contributed by atoms with E-state index in [2.05, 4.69) is 26.0 Å². The minimum atomic E-state index is -3.35. The molecule has 0 aromatic heterocycles. The van der Waals surface area contributed by atoms with Gasteiger partial charge in [0.25, 0.3) is 0 Å². The highest BCUT2D eigenvalue weighted by atomic mass is 79.9. The van der Waals surface area contributed by atoms with Crippen molar-refractivity contribution in [3.8, 4) is 0 Å². The predicted octanol–water partition coefficient (Wildman–Crippen LogP) is 3.15. The van der Waals surface area contributed by atoms with Crippen LogP contribution < -0.4 is 10.0 Å². The van der Waals surface area contributed by atoms with Crippen LogP contribution in [0.15, 0.2) is 16.6 Å². The van der Waals surface area contributed by atoms with Gasteiger partial charge in [-0.05, 0) is 72.4 Å². The fourth-order valence-corrected chi connectivity index (χ4v) is 4.69. The zero-order chi connectivity index (χ0) is 14.8. The van der Waals surface area contributed by atoms with E-state index in [1.807, 2.05) is 13.0 Å². The lowest BCUT2D eigenvalue weighted by molar-refractivity contribution is 0.402. The van der Waals surface area contributed by atoms with Crippen LogP contribution in [0.5, 0.6) is 0 Å². The zero-order valence-electron chi connectivity index (χ0n) is 11.2. The first-order valence-electron chi connectivity index (χ1n) is 6.54. The topological polar surface area (TPSA) is 58.2 Å². The standard InChI is InChI=1S/C13H18BrClN2O2S/c1-9-6-11(14)13(7-12(9)15)17-20(18,19)8-10-2-4-16-5-3-10/h6-7,10,16-17H,2-5,8H2,1H3. The molecule has 0 bridgehead atoms. The van der Waals surface area contributed by atoms with E-state index in [4.69, 9.17) is 11.6 Å². The number of hydrogen-bond donors (Lipinski definition) is 2. The Balaban J connectivity index is 2.09. The largest absolute Gasteiger partial charge is 0.317 e. The molecule has 0 saturated carbocycles. The summed E-state index contributed by atoms with van der Waals surface area (Å²) in [6, 6.07) is 3.45. The van der Waals surface area contributed by atoms with Gasteiger partial charge in [-0.2, -0.15) is 0 Å². The molecule has 1 aliphatic heterocycles. The van der Waals surface area contributed by atoms with Crippen molar-refractivity contribution in [2.75, 3.05) is 23.6 Å². The lowest BCUT2D eigenvalue weighted by Crippen LogP contribution is -2.33. The van der Waals surface area contributed by atoms with Crippen LogP contribution in [0.3, 0.4) is 0 Å². The van der Waals surface area contributed by atoms with Crippen LogP contribution in [-0.2, 0) is 10.0 Å². The van der Waals surface area contributed by atoms with E-state index >= 15 is 0 Å². The molecule has 4 nitrogen and oxygen atoms in total. The van der Waals surface area contributed by atoms with Gasteiger partial charge >= 0.3 is 0 Å². The molecule has 7 heteroatoms. The van der Waals surface area contributed by atoms with Crippen molar-refractivity contribution in [2.45, 2.75) is 19.8 Å². The number of rotatable bonds is 4. The molecule has 0 spiro atoms. The van der Waals surface area contributed by atoms with Crippen molar-refractivity contribution in [1.82, 2.24) is 5.32 Å². The van der Waals surface area contributed by atoms with Gasteiger partial charge in [0.05, 0.1) is 11.4 Å². The first kappa shape index (κ1) is 16.1. The van der Waals surface area contributed by atoms with Gasteiger partial charge in [-0.25, -0.2) is 8.42 Å². The predicted molar refractivity (Wildman–Crippen MR) is 86.9 cm³/mol. The van der Waals surface area contributed by atoms with E-state index in [0.29, 0.717) is 15.2 Å². The highest BCUT2D eigenvalue weighted by Gasteiger charge is 2.22. The fraction of sp³-hybridized carbons (Fsp3) is 0.538. The second kappa shape index (κ2) is 6.64. The van der Waals surface area contributed by atoms with E-state index in [-0.39, 0.29) is 11.7 Å². The van der Waals surface area contributed by atoms with E-state index < -0.39 is 10.0 Å². The summed E-state index contributed by atoms with van der Waals surface area (Å²) >= 11 is 9.41. The minimum Gasteiger partial charge on any atom is -0.317 e. The van der Waals surface area contributed by atoms with Crippen LogP contribution in [0.4, 0.5) is 5.69 Å². The van der Waals surface area contributed by atoms with Gasteiger partial charge in [-0.3, -0.25) is 4.72 Å². The number of sulfonamides is 1. The molecule has 0 atom stereocenters.